The van der Waals surface area contributed by atoms with Gasteiger partial charge < -0.3 is 9.84 Å². The Morgan fingerprint density at radius 3 is 2.67 bits per heavy atom. The Morgan fingerprint density at radius 1 is 1.33 bits per heavy atom. The van der Waals surface area contributed by atoms with Crippen LogP contribution in [0.3, 0.4) is 0 Å². The summed E-state index contributed by atoms with van der Waals surface area (Å²) >= 11 is 0. The van der Waals surface area contributed by atoms with Gasteiger partial charge in [0.1, 0.15) is 12.6 Å². The van der Waals surface area contributed by atoms with Crippen LogP contribution >= 0.6 is 0 Å². The fourth-order valence-corrected chi connectivity index (χ4v) is 1.56. The SMILES string of the molecule is C=N[C@@H](CCCCO)C(=O)OCc1ccccc1. The van der Waals surface area contributed by atoms with Gasteiger partial charge in [-0.25, -0.2) is 4.79 Å². The molecule has 0 unspecified atom stereocenters. The molecule has 0 aliphatic heterocycles. The fourth-order valence-electron chi connectivity index (χ4n) is 1.56. The van der Waals surface area contributed by atoms with Gasteiger partial charge >= 0.3 is 5.97 Å². The predicted molar refractivity (Wildman–Crippen MR) is 70.5 cm³/mol. The number of carbonyl (C=O) groups excluding carboxylic acids is 1. The molecule has 0 saturated carbocycles. The van der Waals surface area contributed by atoms with Gasteiger partial charge in [0.2, 0.25) is 0 Å². The first-order valence-corrected chi connectivity index (χ1v) is 6.05. The molecule has 4 nitrogen and oxygen atoms in total. The maximum atomic E-state index is 11.7. The van der Waals surface area contributed by atoms with Gasteiger partial charge in [-0.15, -0.1) is 0 Å². The molecule has 0 radical (unpaired) electrons. The first-order chi connectivity index (χ1) is 8.77. The van der Waals surface area contributed by atoms with E-state index in [0.717, 1.165) is 12.0 Å². The Balaban J connectivity index is 2.35. The second-order valence-corrected chi connectivity index (χ2v) is 4.01. The zero-order valence-electron chi connectivity index (χ0n) is 10.4. The molecule has 1 rings (SSSR count). The minimum Gasteiger partial charge on any atom is -0.459 e. The van der Waals surface area contributed by atoms with Gasteiger partial charge in [-0.05, 0) is 31.5 Å². The molecule has 1 aromatic rings. The topological polar surface area (TPSA) is 58.9 Å². The van der Waals surface area contributed by atoms with E-state index in [1.807, 2.05) is 30.3 Å². The molecule has 0 fully saturated rings. The van der Waals surface area contributed by atoms with Crippen LogP contribution < -0.4 is 0 Å². The van der Waals surface area contributed by atoms with Crippen molar-refractivity contribution in [3.63, 3.8) is 0 Å². The molecule has 0 spiro atoms. The second kappa shape index (κ2) is 8.42. The first kappa shape index (κ1) is 14.4. The highest BCUT2D eigenvalue weighted by Gasteiger charge is 2.17. The van der Waals surface area contributed by atoms with E-state index in [9.17, 15) is 4.79 Å². The lowest BCUT2D eigenvalue weighted by Gasteiger charge is -2.11. The molecule has 0 aliphatic rings. The molecule has 18 heavy (non-hydrogen) atoms. The van der Waals surface area contributed by atoms with Crippen molar-refractivity contribution in [3.05, 3.63) is 35.9 Å². The van der Waals surface area contributed by atoms with Crippen LogP contribution in [0.4, 0.5) is 0 Å². The Labute approximate surface area is 107 Å². The summed E-state index contributed by atoms with van der Waals surface area (Å²) in [6, 6.07) is 8.97. The summed E-state index contributed by atoms with van der Waals surface area (Å²) in [4.78, 5) is 15.5. The number of ether oxygens (including phenoxy) is 1. The van der Waals surface area contributed by atoms with Crippen LogP contribution in [0.1, 0.15) is 24.8 Å². The third kappa shape index (κ3) is 5.10. The van der Waals surface area contributed by atoms with E-state index in [1.54, 1.807) is 0 Å². The molecule has 1 N–H and O–H groups in total. The predicted octanol–water partition coefficient (Wildman–Crippen LogP) is 1.96. The van der Waals surface area contributed by atoms with Crippen molar-refractivity contribution in [2.75, 3.05) is 6.61 Å². The number of carbonyl (C=O) groups is 1. The summed E-state index contributed by atoms with van der Waals surface area (Å²) in [6.07, 6.45) is 1.97. The molecule has 1 atom stereocenters. The Bertz CT molecular complexity index is 365. The molecule has 0 bridgehead atoms. The van der Waals surface area contributed by atoms with Crippen LogP contribution in [0.25, 0.3) is 0 Å². The van der Waals surface area contributed by atoms with Gasteiger partial charge in [0.05, 0.1) is 0 Å². The minimum absolute atomic E-state index is 0.128. The summed E-state index contributed by atoms with van der Waals surface area (Å²) in [5, 5.41) is 8.68. The first-order valence-electron chi connectivity index (χ1n) is 6.05. The lowest BCUT2D eigenvalue weighted by Crippen LogP contribution is -2.21. The monoisotopic (exact) mass is 249 g/mol. The Kier molecular flexibility index (Phi) is 6.72. The van der Waals surface area contributed by atoms with Crippen molar-refractivity contribution < 1.29 is 14.6 Å². The summed E-state index contributed by atoms with van der Waals surface area (Å²) in [5.41, 5.74) is 0.948. The van der Waals surface area contributed by atoms with Crippen molar-refractivity contribution >= 4 is 12.7 Å². The number of benzene rings is 1. The van der Waals surface area contributed by atoms with E-state index < -0.39 is 6.04 Å². The number of hydrogen-bond acceptors (Lipinski definition) is 4. The summed E-state index contributed by atoms with van der Waals surface area (Å²) in [5.74, 6) is -0.355. The van der Waals surface area contributed by atoms with Crippen LogP contribution in [-0.2, 0) is 16.1 Å². The zero-order chi connectivity index (χ0) is 13.2. The van der Waals surface area contributed by atoms with Gasteiger partial charge in [0, 0.05) is 6.61 Å². The summed E-state index contributed by atoms with van der Waals surface area (Å²) < 4.78 is 5.18. The summed E-state index contributed by atoms with van der Waals surface area (Å²) in [6.45, 7) is 3.79. The maximum absolute atomic E-state index is 11.7. The van der Waals surface area contributed by atoms with Gasteiger partial charge in [-0.1, -0.05) is 30.3 Å². The molecule has 0 amide bonds. The number of aliphatic hydroxyl groups excluding tert-OH is 1. The number of unbranched alkanes of at least 4 members (excludes halogenated alkanes) is 1. The molecular formula is C14H19NO3. The highest BCUT2D eigenvalue weighted by Crippen LogP contribution is 2.08. The molecule has 1 aromatic carbocycles. The van der Waals surface area contributed by atoms with Crippen molar-refractivity contribution in [1.29, 1.82) is 0 Å². The lowest BCUT2D eigenvalue weighted by atomic mass is 10.1. The number of aliphatic imine (C=N–C) groups is 1. The van der Waals surface area contributed by atoms with Gasteiger partial charge in [0.25, 0.3) is 0 Å². The average Bonchev–Trinajstić information content (AvgIpc) is 2.42. The third-order valence-corrected chi connectivity index (χ3v) is 2.60. The molecule has 0 heterocycles. The smallest absolute Gasteiger partial charge is 0.331 e. The van der Waals surface area contributed by atoms with Crippen LogP contribution in [0.5, 0.6) is 0 Å². The largest absolute Gasteiger partial charge is 0.459 e. The van der Waals surface area contributed by atoms with E-state index >= 15 is 0 Å². The number of rotatable bonds is 8. The average molecular weight is 249 g/mol. The van der Waals surface area contributed by atoms with Crippen LogP contribution in [-0.4, -0.2) is 30.4 Å². The number of aliphatic hydroxyl groups is 1. The van der Waals surface area contributed by atoms with Crippen LogP contribution in [0.2, 0.25) is 0 Å². The summed E-state index contributed by atoms with van der Waals surface area (Å²) in [7, 11) is 0. The third-order valence-electron chi connectivity index (χ3n) is 2.60. The van der Waals surface area contributed by atoms with Crippen molar-refractivity contribution in [3.8, 4) is 0 Å². The second-order valence-electron chi connectivity index (χ2n) is 4.01. The van der Waals surface area contributed by atoms with E-state index in [1.165, 1.54) is 0 Å². The number of esters is 1. The van der Waals surface area contributed by atoms with Crippen molar-refractivity contribution in [1.82, 2.24) is 0 Å². The van der Waals surface area contributed by atoms with E-state index in [4.69, 9.17) is 9.84 Å². The van der Waals surface area contributed by atoms with E-state index in [2.05, 4.69) is 11.7 Å². The zero-order valence-corrected chi connectivity index (χ0v) is 10.4. The van der Waals surface area contributed by atoms with Gasteiger partial charge in [0.15, 0.2) is 0 Å². The minimum atomic E-state index is -0.528. The van der Waals surface area contributed by atoms with Crippen molar-refractivity contribution in [2.24, 2.45) is 4.99 Å². The van der Waals surface area contributed by atoms with Gasteiger partial charge in [-0.2, -0.15) is 0 Å². The number of nitrogens with zero attached hydrogens (tertiary/aromatic N) is 1. The normalized spacial score (nSPS) is 11.8. The Morgan fingerprint density at radius 2 is 2.06 bits per heavy atom. The molecule has 0 aliphatic carbocycles. The highest BCUT2D eigenvalue weighted by molar-refractivity contribution is 5.76. The van der Waals surface area contributed by atoms with Crippen LogP contribution in [0.15, 0.2) is 35.3 Å². The van der Waals surface area contributed by atoms with Gasteiger partial charge in [-0.3, -0.25) is 4.99 Å². The highest BCUT2D eigenvalue weighted by atomic mass is 16.5. The molecule has 98 valence electrons. The molecular weight excluding hydrogens is 230 g/mol. The molecule has 0 saturated heterocycles. The Hall–Kier alpha value is -1.68. The van der Waals surface area contributed by atoms with E-state index in [-0.39, 0.29) is 19.2 Å². The quantitative estimate of drug-likeness (QED) is 0.435. The fraction of sp³-hybridized carbons (Fsp3) is 0.429. The number of hydrogen-bond donors (Lipinski definition) is 1. The van der Waals surface area contributed by atoms with Crippen molar-refractivity contribution in [2.45, 2.75) is 31.9 Å². The maximum Gasteiger partial charge on any atom is 0.331 e. The molecule has 0 aromatic heterocycles. The molecule has 4 heteroatoms. The van der Waals surface area contributed by atoms with E-state index in [0.29, 0.717) is 12.8 Å². The van der Waals surface area contributed by atoms with Crippen LogP contribution in [0, 0.1) is 0 Å². The lowest BCUT2D eigenvalue weighted by molar-refractivity contribution is -0.146. The standard InChI is InChI=1S/C14H19NO3/c1-15-13(9-5-6-10-16)14(17)18-11-12-7-3-2-4-8-12/h2-4,7-8,13,16H,1,5-6,9-11H2/t13-/m0/s1.